The van der Waals surface area contributed by atoms with Gasteiger partial charge in [0.25, 0.3) is 6.43 Å². The zero-order valence-electron chi connectivity index (χ0n) is 7.95. The molecular formula is C7H7ClF2N2O3S. The van der Waals surface area contributed by atoms with Crippen LogP contribution in [0.15, 0.2) is 11.0 Å². The summed E-state index contributed by atoms with van der Waals surface area (Å²) >= 11 is 5.53. The summed E-state index contributed by atoms with van der Waals surface area (Å²) in [5.74, 6) is -0.551. The van der Waals surface area contributed by atoms with Crippen LogP contribution in [0.3, 0.4) is 0 Å². The van der Waals surface area contributed by atoms with Crippen LogP contribution in [-0.4, -0.2) is 20.5 Å². The highest BCUT2D eigenvalue weighted by Gasteiger charge is 2.24. The number of hydrogen-bond acceptors (Lipinski definition) is 4. The summed E-state index contributed by atoms with van der Waals surface area (Å²) in [6.07, 6.45) is -2.89. The largest absolute Gasteiger partial charge is 0.480 e. The van der Waals surface area contributed by atoms with Crippen molar-refractivity contribution in [3.05, 3.63) is 16.8 Å². The second-order valence-electron chi connectivity index (χ2n) is 2.71. The van der Waals surface area contributed by atoms with Gasteiger partial charge < -0.3 is 4.74 Å². The number of rotatable bonds is 3. The third kappa shape index (κ3) is 2.57. The molecule has 9 heteroatoms. The van der Waals surface area contributed by atoms with Crippen LogP contribution in [-0.2, 0) is 10.0 Å². The van der Waals surface area contributed by atoms with Gasteiger partial charge in [-0.2, -0.15) is 0 Å². The van der Waals surface area contributed by atoms with Crippen molar-refractivity contribution in [1.82, 2.24) is 4.98 Å². The lowest BCUT2D eigenvalue weighted by atomic mass is 10.3. The first-order valence-electron chi connectivity index (χ1n) is 3.82. The van der Waals surface area contributed by atoms with E-state index in [-0.39, 0.29) is 0 Å². The Kier molecular flexibility index (Phi) is 3.66. The quantitative estimate of drug-likeness (QED) is 0.900. The molecule has 0 aromatic carbocycles. The standard InChI is InChI=1S/C7H7ClF2N2O3S/c1-15-7-5(16(11,13)14)3(8)2-4(12-7)6(9)10/h2,6H,1H3,(H2,11,13,14). The summed E-state index contributed by atoms with van der Waals surface area (Å²) in [6, 6.07) is 0.731. The number of sulfonamides is 1. The second-order valence-corrected chi connectivity index (χ2v) is 4.62. The Morgan fingerprint density at radius 3 is 2.50 bits per heavy atom. The number of nitrogens with zero attached hydrogens (tertiary/aromatic N) is 1. The number of aromatic nitrogens is 1. The SMILES string of the molecule is COc1nc(C(F)F)cc(Cl)c1S(N)(=O)=O. The normalized spacial score (nSPS) is 11.9. The Hall–Kier alpha value is -0.990. The topological polar surface area (TPSA) is 82.3 Å². The van der Waals surface area contributed by atoms with Crippen molar-refractivity contribution in [1.29, 1.82) is 0 Å². The summed E-state index contributed by atoms with van der Waals surface area (Å²) in [7, 11) is -3.11. The van der Waals surface area contributed by atoms with E-state index in [1.54, 1.807) is 0 Å². The highest BCUT2D eigenvalue weighted by molar-refractivity contribution is 7.89. The van der Waals surface area contributed by atoms with Gasteiger partial charge in [-0.3, -0.25) is 0 Å². The summed E-state index contributed by atoms with van der Waals surface area (Å²) in [5, 5.41) is 4.39. The maximum absolute atomic E-state index is 12.3. The van der Waals surface area contributed by atoms with E-state index in [9.17, 15) is 17.2 Å². The van der Waals surface area contributed by atoms with E-state index >= 15 is 0 Å². The van der Waals surface area contributed by atoms with Crippen LogP contribution in [0.5, 0.6) is 5.88 Å². The van der Waals surface area contributed by atoms with Crippen molar-refractivity contribution in [2.75, 3.05) is 7.11 Å². The number of ether oxygens (including phenoxy) is 1. The molecule has 2 N–H and O–H groups in total. The predicted molar refractivity (Wildman–Crippen MR) is 52.1 cm³/mol. The van der Waals surface area contributed by atoms with Gasteiger partial charge in [0, 0.05) is 0 Å². The number of primary sulfonamides is 1. The lowest BCUT2D eigenvalue weighted by Crippen LogP contribution is -2.15. The summed E-state index contributed by atoms with van der Waals surface area (Å²) in [5.41, 5.74) is -0.686. The molecule has 0 saturated carbocycles. The zero-order chi connectivity index (χ0) is 12.5. The average Bonchev–Trinajstić information content (AvgIpc) is 2.14. The monoisotopic (exact) mass is 272 g/mol. The van der Waals surface area contributed by atoms with E-state index in [4.69, 9.17) is 16.7 Å². The van der Waals surface area contributed by atoms with Crippen LogP contribution in [0.4, 0.5) is 8.78 Å². The van der Waals surface area contributed by atoms with Crippen molar-refractivity contribution in [2.45, 2.75) is 11.3 Å². The summed E-state index contributed by atoms with van der Waals surface area (Å²) < 4.78 is 51.4. The minimum atomic E-state index is -4.18. The molecule has 0 saturated heterocycles. The highest BCUT2D eigenvalue weighted by Crippen LogP contribution is 2.32. The van der Waals surface area contributed by atoms with Crippen molar-refractivity contribution >= 4 is 21.6 Å². The number of methoxy groups -OCH3 is 1. The molecule has 1 rings (SSSR count). The molecule has 0 bridgehead atoms. The van der Waals surface area contributed by atoms with Gasteiger partial charge in [-0.05, 0) is 6.07 Å². The molecular weight excluding hydrogens is 266 g/mol. The molecule has 0 unspecified atom stereocenters. The van der Waals surface area contributed by atoms with E-state index < -0.39 is 37.9 Å². The average molecular weight is 273 g/mol. The zero-order valence-corrected chi connectivity index (χ0v) is 9.52. The first-order valence-corrected chi connectivity index (χ1v) is 5.75. The van der Waals surface area contributed by atoms with Crippen molar-refractivity contribution in [3.8, 4) is 5.88 Å². The Bertz CT molecular complexity index is 507. The van der Waals surface area contributed by atoms with Crippen LogP contribution in [0.25, 0.3) is 0 Å². The van der Waals surface area contributed by atoms with Crippen molar-refractivity contribution < 1.29 is 21.9 Å². The molecule has 1 aromatic heterocycles. The van der Waals surface area contributed by atoms with Crippen LogP contribution in [0.2, 0.25) is 5.02 Å². The van der Waals surface area contributed by atoms with Crippen LogP contribution in [0, 0.1) is 0 Å². The molecule has 0 aliphatic carbocycles. The van der Waals surface area contributed by atoms with Crippen LogP contribution < -0.4 is 9.88 Å². The Morgan fingerprint density at radius 1 is 1.56 bits per heavy atom. The van der Waals surface area contributed by atoms with Gasteiger partial charge in [-0.15, -0.1) is 0 Å². The predicted octanol–water partition coefficient (Wildman–Crippen LogP) is 1.33. The number of hydrogen-bond donors (Lipinski definition) is 1. The fourth-order valence-corrected chi connectivity index (χ4v) is 2.22. The summed E-state index contributed by atoms with van der Waals surface area (Å²) in [4.78, 5) is 2.69. The lowest BCUT2D eigenvalue weighted by Gasteiger charge is -2.09. The molecule has 1 aromatic rings. The van der Waals surface area contributed by atoms with Gasteiger partial charge in [0.15, 0.2) is 4.90 Å². The molecule has 0 aliphatic heterocycles. The van der Waals surface area contributed by atoms with E-state index in [2.05, 4.69) is 9.72 Å². The van der Waals surface area contributed by atoms with Gasteiger partial charge in [0.05, 0.1) is 12.1 Å². The molecule has 0 aliphatic rings. The Labute approximate surface area is 95.2 Å². The maximum atomic E-state index is 12.3. The fraction of sp³-hybridized carbons (Fsp3) is 0.286. The fourth-order valence-electron chi connectivity index (χ4n) is 1.01. The third-order valence-electron chi connectivity index (χ3n) is 1.62. The number of alkyl halides is 2. The number of halogens is 3. The van der Waals surface area contributed by atoms with Gasteiger partial charge in [-0.25, -0.2) is 27.3 Å². The van der Waals surface area contributed by atoms with Gasteiger partial charge in [0.1, 0.15) is 5.69 Å². The molecule has 5 nitrogen and oxygen atoms in total. The molecule has 0 atom stereocenters. The van der Waals surface area contributed by atoms with E-state index in [1.165, 1.54) is 0 Å². The Balaban J connectivity index is 3.53. The molecule has 0 spiro atoms. The Morgan fingerprint density at radius 2 is 2.12 bits per heavy atom. The van der Waals surface area contributed by atoms with E-state index in [1.807, 2.05) is 0 Å². The molecule has 0 amide bonds. The molecule has 1 heterocycles. The second kappa shape index (κ2) is 4.48. The third-order valence-corrected chi connectivity index (χ3v) is 2.99. The minimum absolute atomic E-state index is 0.454. The molecule has 90 valence electrons. The lowest BCUT2D eigenvalue weighted by molar-refractivity contribution is 0.144. The minimum Gasteiger partial charge on any atom is -0.480 e. The van der Waals surface area contributed by atoms with Crippen LogP contribution in [0.1, 0.15) is 12.1 Å². The van der Waals surface area contributed by atoms with Crippen LogP contribution >= 0.6 is 11.6 Å². The molecule has 0 radical (unpaired) electrons. The van der Waals surface area contributed by atoms with E-state index in [0.29, 0.717) is 0 Å². The smallest absolute Gasteiger partial charge is 0.280 e. The van der Waals surface area contributed by atoms with Gasteiger partial charge in [0.2, 0.25) is 15.9 Å². The molecule has 0 fully saturated rings. The van der Waals surface area contributed by atoms with Gasteiger partial charge in [-0.1, -0.05) is 11.6 Å². The van der Waals surface area contributed by atoms with Gasteiger partial charge >= 0.3 is 0 Å². The number of pyridine rings is 1. The van der Waals surface area contributed by atoms with Crippen molar-refractivity contribution in [2.24, 2.45) is 5.14 Å². The first kappa shape index (κ1) is 13.1. The summed E-state index contributed by atoms with van der Waals surface area (Å²) in [6.45, 7) is 0. The first-order chi connectivity index (χ1) is 7.27. The van der Waals surface area contributed by atoms with Crippen molar-refractivity contribution in [3.63, 3.8) is 0 Å². The number of nitrogens with two attached hydrogens (primary N) is 1. The molecule has 16 heavy (non-hydrogen) atoms. The van der Waals surface area contributed by atoms with E-state index in [0.717, 1.165) is 13.2 Å². The highest BCUT2D eigenvalue weighted by atomic mass is 35.5. The maximum Gasteiger partial charge on any atom is 0.280 e.